The Labute approximate surface area is 174 Å². The van der Waals surface area contributed by atoms with E-state index in [0.29, 0.717) is 5.02 Å². The van der Waals surface area contributed by atoms with Crippen LogP contribution in [0.15, 0.2) is 48.5 Å². The number of rotatable bonds is 5. The minimum atomic E-state index is -0.178. The number of aromatic nitrogens is 2. The van der Waals surface area contributed by atoms with Gasteiger partial charge in [0.05, 0.1) is 12.1 Å². The molecule has 1 heterocycles. The number of benzene rings is 2. The number of nitrogens with one attached hydrogen (secondary N) is 3. The van der Waals surface area contributed by atoms with Crippen molar-refractivity contribution in [2.45, 2.75) is 26.7 Å². The number of amides is 1. The molecule has 0 aliphatic carbocycles. The summed E-state index contributed by atoms with van der Waals surface area (Å²) in [6.45, 7) is 4.02. The van der Waals surface area contributed by atoms with E-state index in [1.54, 1.807) is 12.1 Å². The van der Waals surface area contributed by atoms with Crippen LogP contribution in [0.5, 0.6) is 0 Å². The minimum absolute atomic E-state index is 0.178. The maximum absolute atomic E-state index is 12.1. The topological polar surface area (TPSA) is 69.8 Å². The van der Waals surface area contributed by atoms with Crippen molar-refractivity contribution in [3.63, 3.8) is 0 Å². The van der Waals surface area contributed by atoms with E-state index in [1.165, 1.54) is 11.1 Å². The fourth-order valence-corrected chi connectivity index (χ4v) is 3.22. The van der Waals surface area contributed by atoms with Gasteiger partial charge in [-0.1, -0.05) is 35.9 Å². The van der Waals surface area contributed by atoms with Crippen LogP contribution in [-0.2, 0) is 17.6 Å². The molecule has 5 nitrogen and oxygen atoms in total. The molecule has 0 bridgehead atoms. The summed E-state index contributed by atoms with van der Waals surface area (Å²) in [4.78, 5) is 12.1. The Morgan fingerprint density at radius 3 is 2.32 bits per heavy atom. The molecule has 1 aromatic heterocycles. The second-order valence-corrected chi connectivity index (χ2v) is 7.44. The highest BCUT2D eigenvalue weighted by Gasteiger charge is 2.09. The zero-order valence-corrected chi connectivity index (χ0v) is 17.2. The van der Waals surface area contributed by atoms with E-state index >= 15 is 0 Å². The normalized spacial score (nSPS) is 10.5. The highest BCUT2D eigenvalue weighted by molar-refractivity contribution is 7.80. The summed E-state index contributed by atoms with van der Waals surface area (Å²) >= 11 is 11.1. The fourth-order valence-electron chi connectivity index (χ4n) is 2.87. The largest absolute Gasteiger partial charge is 0.332 e. The van der Waals surface area contributed by atoms with Crippen LogP contribution in [-0.4, -0.2) is 21.2 Å². The molecule has 0 aliphatic heterocycles. The van der Waals surface area contributed by atoms with Gasteiger partial charge >= 0.3 is 0 Å². The van der Waals surface area contributed by atoms with Crippen LogP contribution in [0.1, 0.15) is 28.1 Å². The Morgan fingerprint density at radius 2 is 1.71 bits per heavy atom. The molecule has 0 saturated carbocycles. The van der Waals surface area contributed by atoms with Crippen LogP contribution in [0, 0.1) is 13.8 Å². The zero-order valence-electron chi connectivity index (χ0n) is 15.7. The molecule has 2 aromatic carbocycles. The number of hydrogen-bond donors (Lipinski definition) is 3. The van der Waals surface area contributed by atoms with Crippen LogP contribution in [0.4, 0.5) is 5.69 Å². The third-order valence-corrected chi connectivity index (χ3v) is 4.86. The van der Waals surface area contributed by atoms with Gasteiger partial charge in [0, 0.05) is 28.4 Å². The maximum Gasteiger partial charge on any atom is 0.230 e. The summed E-state index contributed by atoms with van der Waals surface area (Å²) in [6, 6.07) is 15.1. The first-order valence-electron chi connectivity index (χ1n) is 8.85. The molecule has 3 N–H and O–H groups in total. The molecular formula is C21H21ClN4OS. The second-order valence-electron chi connectivity index (χ2n) is 6.59. The van der Waals surface area contributed by atoms with Gasteiger partial charge in [0.2, 0.25) is 5.91 Å². The molecule has 0 spiro atoms. The van der Waals surface area contributed by atoms with Crippen LogP contribution in [0.3, 0.4) is 0 Å². The quantitative estimate of drug-likeness (QED) is 0.545. The third-order valence-electron chi connectivity index (χ3n) is 4.40. The number of thiocarbonyl (C=S) groups is 1. The Morgan fingerprint density at radius 1 is 1.07 bits per heavy atom. The van der Waals surface area contributed by atoms with Gasteiger partial charge in [-0.2, -0.15) is 5.10 Å². The maximum atomic E-state index is 12.1. The summed E-state index contributed by atoms with van der Waals surface area (Å²) < 4.78 is 0. The van der Waals surface area contributed by atoms with Gasteiger partial charge in [0.15, 0.2) is 5.11 Å². The summed E-state index contributed by atoms with van der Waals surface area (Å²) in [6.07, 6.45) is 1.05. The lowest BCUT2D eigenvalue weighted by Crippen LogP contribution is -2.35. The number of halogens is 1. The molecule has 0 unspecified atom stereocenters. The summed E-state index contributed by atoms with van der Waals surface area (Å²) in [5.41, 5.74) is 6.19. The molecule has 1 amide bonds. The van der Waals surface area contributed by atoms with Crippen molar-refractivity contribution < 1.29 is 4.79 Å². The van der Waals surface area contributed by atoms with Gasteiger partial charge in [-0.05, 0) is 61.5 Å². The van der Waals surface area contributed by atoms with Gasteiger partial charge in [-0.15, -0.1) is 0 Å². The van der Waals surface area contributed by atoms with Crippen molar-refractivity contribution in [2.24, 2.45) is 0 Å². The first kappa shape index (κ1) is 20.0. The molecule has 0 atom stereocenters. The lowest BCUT2D eigenvalue weighted by atomic mass is 10.0. The molecule has 3 rings (SSSR count). The molecule has 0 saturated heterocycles. The van der Waals surface area contributed by atoms with E-state index < -0.39 is 0 Å². The lowest BCUT2D eigenvalue weighted by Gasteiger charge is -2.10. The number of anilines is 1. The Hall–Kier alpha value is -2.70. The first-order valence-corrected chi connectivity index (χ1v) is 9.64. The summed E-state index contributed by atoms with van der Waals surface area (Å²) in [5.74, 6) is -0.178. The molecule has 28 heavy (non-hydrogen) atoms. The number of hydrogen-bond acceptors (Lipinski definition) is 3. The van der Waals surface area contributed by atoms with E-state index in [-0.39, 0.29) is 17.4 Å². The predicted octanol–water partition coefficient (Wildman–Crippen LogP) is 4.33. The van der Waals surface area contributed by atoms with Crippen molar-refractivity contribution in [1.29, 1.82) is 0 Å². The zero-order chi connectivity index (χ0) is 20.1. The molecule has 0 radical (unpaired) electrons. The average Bonchev–Trinajstić information content (AvgIpc) is 2.97. The molecule has 0 fully saturated rings. The van der Waals surface area contributed by atoms with E-state index in [4.69, 9.17) is 23.8 Å². The number of carbonyl (C=O) groups is 1. The van der Waals surface area contributed by atoms with E-state index in [9.17, 15) is 4.79 Å². The number of nitrogens with zero attached hydrogens (tertiary/aromatic N) is 1. The summed E-state index contributed by atoms with van der Waals surface area (Å²) in [7, 11) is 0. The molecule has 0 aliphatic rings. The lowest BCUT2D eigenvalue weighted by molar-refractivity contribution is -0.119. The van der Waals surface area contributed by atoms with Crippen molar-refractivity contribution in [2.75, 3.05) is 5.32 Å². The number of aromatic amines is 1. The van der Waals surface area contributed by atoms with Gasteiger partial charge in [0.1, 0.15) is 0 Å². The van der Waals surface area contributed by atoms with Gasteiger partial charge in [-0.25, -0.2) is 0 Å². The van der Waals surface area contributed by atoms with Crippen LogP contribution in [0.25, 0.3) is 0 Å². The fraction of sp³-hybridized carbons (Fsp3) is 0.190. The smallest absolute Gasteiger partial charge is 0.230 e. The average molecular weight is 413 g/mol. The van der Waals surface area contributed by atoms with Crippen LogP contribution < -0.4 is 10.6 Å². The molecule has 3 aromatic rings. The van der Waals surface area contributed by atoms with E-state index in [0.717, 1.165) is 29.1 Å². The van der Waals surface area contributed by atoms with Gasteiger partial charge < -0.3 is 10.6 Å². The summed E-state index contributed by atoms with van der Waals surface area (Å²) in [5, 5.41) is 13.9. The Balaban J connectivity index is 1.52. The van der Waals surface area contributed by atoms with Gasteiger partial charge in [-0.3, -0.25) is 9.89 Å². The monoisotopic (exact) mass is 412 g/mol. The van der Waals surface area contributed by atoms with Crippen molar-refractivity contribution in [3.8, 4) is 0 Å². The first-order chi connectivity index (χ1) is 13.4. The Kier molecular flexibility index (Phi) is 6.44. The highest BCUT2D eigenvalue weighted by atomic mass is 35.5. The molecular weight excluding hydrogens is 392 g/mol. The second kappa shape index (κ2) is 8.99. The number of H-pyrrole nitrogens is 1. The van der Waals surface area contributed by atoms with Crippen molar-refractivity contribution in [3.05, 3.63) is 81.6 Å². The molecule has 7 heteroatoms. The van der Waals surface area contributed by atoms with Crippen molar-refractivity contribution >= 4 is 40.5 Å². The van der Waals surface area contributed by atoms with Gasteiger partial charge in [0.25, 0.3) is 0 Å². The Bertz CT molecular complexity index is 961. The van der Waals surface area contributed by atoms with E-state index in [2.05, 4.69) is 20.8 Å². The standard InChI is InChI=1S/C21H21ClN4OS/c1-13-19(14(2)26-25-13)11-15-5-9-18(10-6-15)23-21(28)24-20(27)12-16-3-7-17(22)8-4-16/h3-10H,11-12H2,1-2H3,(H,25,26)(H2,23,24,27,28). The van der Waals surface area contributed by atoms with E-state index in [1.807, 2.05) is 50.2 Å². The van der Waals surface area contributed by atoms with Crippen LogP contribution in [0.2, 0.25) is 5.02 Å². The third kappa shape index (κ3) is 5.41. The predicted molar refractivity (Wildman–Crippen MR) is 117 cm³/mol. The SMILES string of the molecule is Cc1n[nH]c(C)c1Cc1ccc(NC(=S)NC(=O)Cc2ccc(Cl)cc2)cc1. The minimum Gasteiger partial charge on any atom is -0.332 e. The van der Waals surface area contributed by atoms with Crippen LogP contribution >= 0.6 is 23.8 Å². The molecule has 144 valence electrons. The number of aryl methyl sites for hydroxylation is 2. The highest BCUT2D eigenvalue weighted by Crippen LogP contribution is 2.17. The number of carbonyl (C=O) groups excluding carboxylic acids is 1. The van der Waals surface area contributed by atoms with Crippen molar-refractivity contribution in [1.82, 2.24) is 15.5 Å².